The number of carbonyl (C=O) groups excluding carboxylic acids is 2. The van der Waals surface area contributed by atoms with E-state index in [9.17, 15) is 19.5 Å². The molecule has 3 aliphatic rings. The number of nitrogens with one attached hydrogen (secondary N) is 1. The van der Waals surface area contributed by atoms with Crippen LogP contribution >= 0.6 is 11.6 Å². The maximum Gasteiger partial charge on any atom is 0.407 e. The number of carboxylic acid groups (broad SMARTS) is 1. The normalized spacial score (nSPS) is 18.8. The summed E-state index contributed by atoms with van der Waals surface area (Å²) in [5, 5.41) is 16.7. The Kier molecular flexibility index (Phi) is 9.13. The van der Waals surface area contributed by atoms with Crippen molar-refractivity contribution in [2.24, 2.45) is 5.92 Å². The Morgan fingerprint density at radius 2 is 1.78 bits per heavy atom. The number of carbonyl (C=O) groups is 3. The lowest BCUT2D eigenvalue weighted by atomic mass is 9.95. The van der Waals surface area contributed by atoms with Gasteiger partial charge < -0.3 is 29.4 Å². The molecule has 3 fully saturated rings. The Hall–Kier alpha value is -4.25. The first kappa shape index (κ1) is 31.7. The van der Waals surface area contributed by atoms with Crippen molar-refractivity contribution < 1.29 is 24.2 Å². The van der Waals surface area contributed by atoms with Crippen LogP contribution in [0.2, 0.25) is 5.02 Å². The Labute approximate surface area is 274 Å². The molecule has 12 heteroatoms. The smallest absolute Gasteiger partial charge is 0.407 e. The molecule has 3 heterocycles. The molecule has 1 aromatic heterocycles. The average Bonchev–Trinajstić information content (AvgIpc) is 3.75. The maximum atomic E-state index is 14.0. The Bertz CT molecular complexity index is 1570. The van der Waals surface area contributed by atoms with Crippen LogP contribution < -0.4 is 9.64 Å². The van der Waals surface area contributed by atoms with Gasteiger partial charge in [0.25, 0.3) is 5.91 Å². The minimum absolute atomic E-state index is 0.134. The number of rotatable bonds is 9. The van der Waals surface area contributed by atoms with E-state index in [1.54, 1.807) is 24.9 Å². The van der Waals surface area contributed by atoms with E-state index in [0.29, 0.717) is 37.0 Å². The first-order chi connectivity index (χ1) is 22.1. The fourth-order valence-corrected chi connectivity index (χ4v) is 6.67. The van der Waals surface area contributed by atoms with E-state index in [1.807, 2.05) is 53.6 Å². The highest BCUT2D eigenvalue weighted by atomic mass is 35.5. The molecule has 1 atom stereocenters. The molecule has 0 spiro atoms. The number of ether oxygens (including phenoxy) is 1. The summed E-state index contributed by atoms with van der Waals surface area (Å²) in [7, 11) is 0. The van der Waals surface area contributed by atoms with E-state index in [4.69, 9.17) is 16.3 Å². The molecule has 2 saturated heterocycles. The number of H-pyrrole nitrogens is 1. The second kappa shape index (κ2) is 13.2. The van der Waals surface area contributed by atoms with Crippen molar-refractivity contribution in [3.63, 3.8) is 0 Å². The van der Waals surface area contributed by atoms with Gasteiger partial charge in [-0.15, -0.1) is 0 Å². The van der Waals surface area contributed by atoms with Gasteiger partial charge in [0.1, 0.15) is 5.75 Å². The number of aromatic nitrogens is 2. The Morgan fingerprint density at radius 3 is 2.46 bits per heavy atom. The van der Waals surface area contributed by atoms with Gasteiger partial charge in [0.05, 0.1) is 12.1 Å². The van der Waals surface area contributed by atoms with Crippen LogP contribution in [0.4, 0.5) is 10.5 Å². The van der Waals surface area contributed by atoms with Gasteiger partial charge in [-0.2, -0.15) is 5.10 Å². The molecule has 2 N–H and O–H groups in total. The molecule has 0 radical (unpaired) electrons. The zero-order chi connectivity index (χ0) is 32.4. The van der Waals surface area contributed by atoms with Gasteiger partial charge in [-0.1, -0.05) is 29.8 Å². The third-order valence-corrected chi connectivity index (χ3v) is 9.53. The third-order valence-electron chi connectivity index (χ3n) is 9.17. The molecule has 1 unspecified atom stereocenters. The second-order valence-electron chi connectivity index (χ2n) is 12.9. The lowest BCUT2D eigenvalue weighted by Gasteiger charge is -2.38. The number of hydrogen-bond acceptors (Lipinski definition) is 6. The molecule has 3 amide bonds. The number of benzene rings is 2. The summed E-state index contributed by atoms with van der Waals surface area (Å²) in [6.45, 7) is 6.64. The molecular weight excluding hydrogens is 608 g/mol. The van der Waals surface area contributed by atoms with Crippen LogP contribution in [0.1, 0.15) is 45.1 Å². The summed E-state index contributed by atoms with van der Waals surface area (Å²) >= 11 is 6.71. The predicted octanol–water partition coefficient (Wildman–Crippen LogP) is 5.12. The number of amides is 3. The molecule has 11 nitrogen and oxygen atoms in total. The van der Waals surface area contributed by atoms with E-state index in [2.05, 4.69) is 15.1 Å². The number of aromatic amines is 1. The summed E-state index contributed by atoms with van der Waals surface area (Å²) in [5.41, 5.74) is 2.70. The van der Waals surface area contributed by atoms with Crippen molar-refractivity contribution in [1.29, 1.82) is 0 Å². The number of piperidine rings is 1. The maximum absolute atomic E-state index is 14.0. The summed E-state index contributed by atoms with van der Waals surface area (Å²) in [5.74, 6) is 0.430. The van der Waals surface area contributed by atoms with Gasteiger partial charge in [0.15, 0.2) is 5.60 Å². The fourth-order valence-electron chi connectivity index (χ4n) is 6.43. The number of halogens is 1. The third kappa shape index (κ3) is 7.09. The minimum Gasteiger partial charge on any atom is -0.478 e. The average molecular weight is 649 g/mol. The van der Waals surface area contributed by atoms with Crippen LogP contribution in [0.25, 0.3) is 11.1 Å². The van der Waals surface area contributed by atoms with Crippen molar-refractivity contribution in [3.8, 4) is 16.9 Å². The van der Waals surface area contributed by atoms with Gasteiger partial charge in [-0.25, -0.2) is 4.79 Å². The zero-order valence-corrected chi connectivity index (χ0v) is 27.1. The van der Waals surface area contributed by atoms with Gasteiger partial charge >= 0.3 is 6.09 Å². The van der Waals surface area contributed by atoms with E-state index in [1.165, 1.54) is 4.90 Å². The largest absolute Gasteiger partial charge is 0.478 e. The van der Waals surface area contributed by atoms with Gasteiger partial charge in [-0.3, -0.25) is 14.7 Å². The Balaban J connectivity index is 1.10. The van der Waals surface area contributed by atoms with E-state index < -0.39 is 11.7 Å². The first-order valence-electron chi connectivity index (χ1n) is 16.0. The van der Waals surface area contributed by atoms with Crippen LogP contribution in [0.5, 0.6) is 5.75 Å². The van der Waals surface area contributed by atoms with E-state index in [0.717, 1.165) is 54.6 Å². The molecule has 244 valence electrons. The van der Waals surface area contributed by atoms with Gasteiger partial charge in [-0.05, 0) is 68.9 Å². The summed E-state index contributed by atoms with van der Waals surface area (Å²) < 4.78 is 6.24. The van der Waals surface area contributed by atoms with Crippen LogP contribution in [0.3, 0.4) is 0 Å². The highest BCUT2D eigenvalue weighted by Crippen LogP contribution is 2.35. The van der Waals surface area contributed by atoms with Crippen LogP contribution in [0.15, 0.2) is 54.9 Å². The zero-order valence-electron chi connectivity index (χ0n) is 26.3. The quantitative estimate of drug-likeness (QED) is 0.330. The molecule has 0 bridgehead atoms. The highest BCUT2D eigenvalue weighted by molar-refractivity contribution is 6.31. The lowest BCUT2D eigenvalue weighted by Crippen LogP contribution is -2.56. The summed E-state index contributed by atoms with van der Waals surface area (Å²) in [6.07, 6.45) is 6.37. The molecule has 3 aromatic rings. The van der Waals surface area contributed by atoms with Crippen molar-refractivity contribution in [2.75, 3.05) is 44.2 Å². The van der Waals surface area contributed by atoms with Crippen LogP contribution in [0, 0.1) is 5.92 Å². The monoisotopic (exact) mass is 648 g/mol. The molecule has 1 aliphatic carbocycles. The SMILES string of the molecule is CC(C)(Oc1cccc(N2CCCC(C(=O)N(Cc3ccc(-c4cn[nH]c4)cc3Cl)C3CC3)C2)c1)C(=O)N1CCN(C(=O)O)CC1. The van der Waals surface area contributed by atoms with Crippen molar-refractivity contribution >= 4 is 35.2 Å². The van der Waals surface area contributed by atoms with E-state index in [-0.39, 0.29) is 36.9 Å². The minimum atomic E-state index is -1.13. The van der Waals surface area contributed by atoms with Crippen molar-refractivity contribution in [1.82, 2.24) is 24.9 Å². The lowest BCUT2D eigenvalue weighted by molar-refractivity contribution is -0.147. The number of piperazine rings is 1. The molecule has 1 saturated carbocycles. The molecule has 2 aliphatic heterocycles. The molecule has 6 rings (SSSR count). The standard InChI is InChI=1S/C34H41ClN6O5/c1-34(2,32(43)38-13-15-39(16-14-38)33(44)45)46-29-7-3-6-28(18-29)40-12-4-5-25(21-40)31(42)41(27-10-11-27)22-24-9-8-23(17-30(24)35)26-19-36-37-20-26/h3,6-9,17-20,25,27H,4-5,10-16,21-22H2,1-2H3,(H,36,37)(H,44,45). The molecule has 2 aromatic carbocycles. The van der Waals surface area contributed by atoms with Gasteiger partial charge in [0, 0.05) is 80.4 Å². The summed E-state index contributed by atoms with van der Waals surface area (Å²) in [4.78, 5) is 45.8. The number of hydrogen-bond donors (Lipinski definition) is 2. The first-order valence-corrected chi connectivity index (χ1v) is 16.4. The predicted molar refractivity (Wildman–Crippen MR) is 175 cm³/mol. The Morgan fingerprint density at radius 1 is 1.02 bits per heavy atom. The molecule has 46 heavy (non-hydrogen) atoms. The number of anilines is 1. The van der Waals surface area contributed by atoms with Crippen molar-refractivity contribution in [3.05, 3.63) is 65.4 Å². The topological polar surface area (TPSA) is 122 Å². The van der Waals surface area contributed by atoms with Crippen LogP contribution in [-0.4, -0.2) is 98.8 Å². The second-order valence-corrected chi connectivity index (χ2v) is 13.4. The fraction of sp³-hybridized carbons (Fsp3) is 0.471. The highest BCUT2D eigenvalue weighted by Gasteiger charge is 2.39. The van der Waals surface area contributed by atoms with Crippen LogP contribution in [-0.2, 0) is 16.1 Å². The van der Waals surface area contributed by atoms with E-state index >= 15 is 0 Å². The summed E-state index contributed by atoms with van der Waals surface area (Å²) in [6, 6.07) is 13.9. The van der Waals surface area contributed by atoms with Gasteiger partial charge in [0.2, 0.25) is 5.91 Å². The molecular formula is C34H41ClN6O5. The van der Waals surface area contributed by atoms with Crippen molar-refractivity contribution in [2.45, 2.75) is 57.7 Å². The number of nitrogens with zero attached hydrogens (tertiary/aromatic N) is 5.